The van der Waals surface area contributed by atoms with Gasteiger partial charge in [0.25, 0.3) is 0 Å². The van der Waals surface area contributed by atoms with Crippen LogP contribution in [0, 0.1) is 11.8 Å². The second kappa shape index (κ2) is 9.26. The van der Waals surface area contributed by atoms with Gasteiger partial charge in [-0.1, -0.05) is 54.6 Å². The van der Waals surface area contributed by atoms with Crippen molar-refractivity contribution < 1.29 is 24.2 Å². The molecule has 2 N–H and O–H groups in total. The van der Waals surface area contributed by atoms with Crippen LogP contribution < -0.4 is 5.32 Å². The lowest BCUT2D eigenvalue weighted by atomic mass is 9.98. The molecular formula is C25H26N2O5. The lowest BCUT2D eigenvalue weighted by Gasteiger charge is -2.19. The van der Waals surface area contributed by atoms with Gasteiger partial charge in [0.2, 0.25) is 5.91 Å². The summed E-state index contributed by atoms with van der Waals surface area (Å²) >= 11 is 0. The molecule has 166 valence electrons. The Hall–Kier alpha value is -3.61. The fourth-order valence-electron chi connectivity index (χ4n) is 4.43. The summed E-state index contributed by atoms with van der Waals surface area (Å²) in [4.78, 5) is 37.0. The van der Waals surface area contributed by atoms with Gasteiger partial charge in [0.1, 0.15) is 13.2 Å². The minimum absolute atomic E-state index is 0.00752. The highest BCUT2D eigenvalue weighted by molar-refractivity contribution is 5.85. The highest BCUT2D eigenvalue weighted by atomic mass is 16.5. The molecule has 0 aromatic heterocycles. The van der Waals surface area contributed by atoms with Crippen molar-refractivity contribution >= 4 is 18.0 Å². The third-order valence-electron chi connectivity index (χ3n) is 6.08. The van der Waals surface area contributed by atoms with E-state index in [1.54, 1.807) is 0 Å². The van der Waals surface area contributed by atoms with Crippen LogP contribution in [-0.2, 0) is 14.3 Å². The summed E-state index contributed by atoms with van der Waals surface area (Å²) < 4.78 is 5.52. The Kier molecular flexibility index (Phi) is 6.25. The number of benzene rings is 2. The molecule has 2 aromatic rings. The van der Waals surface area contributed by atoms with Gasteiger partial charge in [0, 0.05) is 24.9 Å². The van der Waals surface area contributed by atoms with Crippen LogP contribution in [0.3, 0.4) is 0 Å². The van der Waals surface area contributed by atoms with Crippen molar-refractivity contribution in [3.8, 4) is 11.1 Å². The zero-order chi connectivity index (χ0) is 22.7. The number of hydrogen-bond donors (Lipinski definition) is 2. The Labute approximate surface area is 186 Å². The number of carboxylic acid groups (broad SMARTS) is 1. The average Bonchev–Trinajstić information content (AvgIpc) is 3.50. The molecule has 32 heavy (non-hydrogen) atoms. The van der Waals surface area contributed by atoms with Crippen LogP contribution in [0.25, 0.3) is 11.1 Å². The van der Waals surface area contributed by atoms with Crippen LogP contribution in [-0.4, -0.2) is 54.2 Å². The maximum atomic E-state index is 12.5. The van der Waals surface area contributed by atoms with E-state index in [0.717, 1.165) is 11.1 Å². The predicted molar refractivity (Wildman–Crippen MR) is 119 cm³/mol. The van der Waals surface area contributed by atoms with E-state index in [0.29, 0.717) is 13.0 Å². The zero-order valence-electron chi connectivity index (χ0n) is 17.7. The highest BCUT2D eigenvalue weighted by Gasteiger charge is 2.45. The summed E-state index contributed by atoms with van der Waals surface area (Å²) in [5.41, 5.74) is 4.63. The highest BCUT2D eigenvalue weighted by Crippen LogP contribution is 2.44. The number of amides is 2. The molecule has 0 aliphatic heterocycles. The Morgan fingerprint density at radius 3 is 2.31 bits per heavy atom. The van der Waals surface area contributed by atoms with Crippen molar-refractivity contribution in [1.29, 1.82) is 0 Å². The number of rotatable bonds is 9. The molecule has 0 saturated heterocycles. The van der Waals surface area contributed by atoms with Gasteiger partial charge in [-0.3, -0.25) is 9.59 Å². The number of fused-ring (bicyclic) bond motifs is 3. The molecule has 7 heteroatoms. The molecule has 2 amide bonds. The van der Waals surface area contributed by atoms with Crippen LogP contribution in [0.4, 0.5) is 4.79 Å². The minimum atomic E-state index is -1.06. The van der Waals surface area contributed by atoms with Gasteiger partial charge in [-0.2, -0.15) is 0 Å². The minimum Gasteiger partial charge on any atom is -0.480 e. The Morgan fingerprint density at radius 1 is 1.09 bits per heavy atom. The lowest BCUT2D eigenvalue weighted by Crippen LogP contribution is -2.37. The Morgan fingerprint density at radius 2 is 1.72 bits per heavy atom. The molecule has 2 aliphatic carbocycles. The predicted octanol–water partition coefficient (Wildman–Crippen LogP) is 3.26. The van der Waals surface area contributed by atoms with Crippen molar-refractivity contribution in [2.24, 2.45) is 11.8 Å². The van der Waals surface area contributed by atoms with Crippen LogP contribution in [0.5, 0.6) is 0 Å². The first kappa shape index (κ1) is 21.6. The second-order valence-electron chi connectivity index (χ2n) is 8.21. The normalized spacial score (nSPS) is 18.2. The van der Waals surface area contributed by atoms with Crippen molar-refractivity contribution in [2.45, 2.75) is 12.3 Å². The molecule has 0 spiro atoms. The number of carbonyl (C=O) groups excluding carboxylic acids is 2. The summed E-state index contributed by atoms with van der Waals surface area (Å²) in [6.07, 6.45) is 1.61. The topological polar surface area (TPSA) is 95.9 Å². The first-order valence-electron chi connectivity index (χ1n) is 10.7. The van der Waals surface area contributed by atoms with Gasteiger partial charge < -0.3 is 20.1 Å². The monoisotopic (exact) mass is 434 g/mol. The number of hydrogen-bond acceptors (Lipinski definition) is 4. The van der Waals surface area contributed by atoms with Gasteiger partial charge in [-0.15, -0.1) is 6.58 Å². The van der Waals surface area contributed by atoms with E-state index in [9.17, 15) is 14.4 Å². The van der Waals surface area contributed by atoms with Crippen molar-refractivity contribution in [3.63, 3.8) is 0 Å². The fraction of sp³-hybridized carbons (Fsp3) is 0.320. The summed E-state index contributed by atoms with van der Waals surface area (Å²) in [6.45, 7) is 3.96. The van der Waals surface area contributed by atoms with Crippen LogP contribution >= 0.6 is 0 Å². The summed E-state index contributed by atoms with van der Waals surface area (Å²) in [5.74, 6) is -1.57. The molecule has 2 aromatic carbocycles. The van der Waals surface area contributed by atoms with Crippen molar-refractivity contribution in [2.75, 3.05) is 26.2 Å². The van der Waals surface area contributed by atoms with E-state index in [-0.39, 0.29) is 43.4 Å². The molecule has 2 atom stereocenters. The first-order valence-corrected chi connectivity index (χ1v) is 10.7. The lowest BCUT2D eigenvalue weighted by molar-refractivity contribution is -0.144. The molecule has 0 heterocycles. The molecule has 0 radical (unpaired) electrons. The number of ether oxygens (including phenoxy) is 1. The zero-order valence-corrected chi connectivity index (χ0v) is 17.7. The van der Waals surface area contributed by atoms with E-state index >= 15 is 0 Å². The molecule has 4 rings (SSSR count). The maximum Gasteiger partial charge on any atom is 0.407 e. The third kappa shape index (κ3) is 4.51. The van der Waals surface area contributed by atoms with E-state index < -0.39 is 12.1 Å². The number of carboxylic acids is 1. The Balaban J connectivity index is 1.28. The average molecular weight is 434 g/mol. The number of nitrogens with one attached hydrogen (secondary N) is 1. The van der Waals surface area contributed by atoms with E-state index in [4.69, 9.17) is 9.84 Å². The number of alkyl carbamates (subject to hydrolysis) is 1. The standard InChI is InChI=1S/C25H26N2O5/c1-2-11-27(14-23(28)29)24(30)21-12-16(21)13-26-25(31)32-15-22-19-9-5-3-7-17(19)18-8-4-6-10-20(18)22/h2-10,16,21-22H,1,11-15H2,(H,26,31)(H,28,29). The molecule has 1 saturated carbocycles. The number of nitrogens with zero attached hydrogens (tertiary/aromatic N) is 1. The summed E-state index contributed by atoms with van der Waals surface area (Å²) in [6, 6.07) is 16.3. The summed E-state index contributed by atoms with van der Waals surface area (Å²) in [7, 11) is 0. The largest absolute Gasteiger partial charge is 0.480 e. The SMILES string of the molecule is C=CCN(CC(=O)O)C(=O)C1CC1CNC(=O)OCC1c2ccccc2-c2ccccc21. The third-order valence-corrected chi connectivity index (χ3v) is 6.08. The van der Waals surface area contributed by atoms with E-state index in [1.807, 2.05) is 24.3 Å². The van der Waals surface area contributed by atoms with Crippen molar-refractivity contribution in [1.82, 2.24) is 10.2 Å². The smallest absolute Gasteiger partial charge is 0.407 e. The van der Waals surface area contributed by atoms with Crippen molar-refractivity contribution in [3.05, 3.63) is 72.3 Å². The van der Waals surface area contributed by atoms with Crippen LogP contribution in [0.15, 0.2) is 61.2 Å². The fourth-order valence-corrected chi connectivity index (χ4v) is 4.43. The molecule has 2 unspecified atom stereocenters. The number of carbonyl (C=O) groups is 3. The Bertz CT molecular complexity index is 1000. The molecule has 2 aliphatic rings. The second-order valence-corrected chi connectivity index (χ2v) is 8.21. The molecule has 0 bridgehead atoms. The van der Waals surface area contributed by atoms with Gasteiger partial charge >= 0.3 is 12.1 Å². The molecule has 1 fully saturated rings. The summed E-state index contributed by atoms with van der Waals surface area (Å²) in [5, 5.41) is 11.7. The maximum absolute atomic E-state index is 12.5. The first-order chi connectivity index (χ1) is 15.5. The van der Waals surface area contributed by atoms with Gasteiger partial charge in [-0.05, 0) is 34.6 Å². The van der Waals surface area contributed by atoms with Gasteiger partial charge in [-0.25, -0.2) is 4.79 Å². The molecular weight excluding hydrogens is 408 g/mol. The quantitative estimate of drug-likeness (QED) is 0.591. The van der Waals surface area contributed by atoms with E-state index in [2.05, 4.69) is 36.2 Å². The number of aliphatic carboxylic acids is 1. The van der Waals surface area contributed by atoms with Crippen LogP contribution in [0.1, 0.15) is 23.5 Å². The van der Waals surface area contributed by atoms with E-state index in [1.165, 1.54) is 22.1 Å². The van der Waals surface area contributed by atoms with Gasteiger partial charge in [0.05, 0.1) is 0 Å². The van der Waals surface area contributed by atoms with Gasteiger partial charge in [0.15, 0.2) is 0 Å². The van der Waals surface area contributed by atoms with Crippen LogP contribution in [0.2, 0.25) is 0 Å². The molecule has 7 nitrogen and oxygen atoms in total.